The lowest BCUT2D eigenvalue weighted by molar-refractivity contribution is 0.102. The molecule has 2 aromatic carbocycles. The van der Waals surface area contributed by atoms with Crippen molar-refractivity contribution in [2.75, 3.05) is 0 Å². The highest BCUT2D eigenvalue weighted by Crippen LogP contribution is 2.31. The lowest BCUT2D eigenvalue weighted by Gasteiger charge is -2.25. The van der Waals surface area contributed by atoms with E-state index in [4.69, 9.17) is 4.74 Å². The zero-order valence-electron chi connectivity index (χ0n) is 11.9. The van der Waals surface area contributed by atoms with Crippen molar-refractivity contribution in [1.29, 1.82) is 0 Å². The summed E-state index contributed by atoms with van der Waals surface area (Å²) in [4.78, 5) is 0. The van der Waals surface area contributed by atoms with Gasteiger partial charge in [0, 0.05) is 4.47 Å². The molecule has 0 fully saturated rings. The standard InChI is InChI=1S/C17H19BrO2/c1-12(2)20-16-10-6-14(7-11-16)17(3,19)13-4-8-15(18)9-5-13/h4-12,19H,1-3H3. The molecule has 0 saturated heterocycles. The van der Waals surface area contributed by atoms with E-state index in [-0.39, 0.29) is 6.10 Å². The first-order valence-corrected chi connectivity index (χ1v) is 7.44. The van der Waals surface area contributed by atoms with Crippen LogP contribution in [0.2, 0.25) is 0 Å². The van der Waals surface area contributed by atoms with Gasteiger partial charge in [0.1, 0.15) is 11.4 Å². The normalized spacial score (nSPS) is 14.1. The van der Waals surface area contributed by atoms with Crippen molar-refractivity contribution in [2.45, 2.75) is 32.5 Å². The Hall–Kier alpha value is -1.32. The summed E-state index contributed by atoms with van der Waals surface area (Å²) in [6, 6.07) is 15.3. The van der Waals surface area contributed by atoms with Crippen molar-refractivity contribution in [3.05, 3.63) is 64.1 Å². The Kier molecular flexibility index (Phi) is 4.51. The number of rotatable bonds is 4. The van der Waals surface area contributed by atoms with E-state index in [1.165, 1.54) is 0 Å². The number of hydrogen-bond donors (Lipinski definition) is 1. The molecule has 0 aliphatic heterocycles. The summed E-state index contributed by atoms with van der Waals surface area (Å²) < 4.78 is 6.61. The van der Waals surface area contributed by atoms with Gasteiger partial charge in [-0.15, -0.1) is 0 Å². The molecular weight excluding hydrogens is 316 g/mol. The third-order valence-corrected chi connectivity index (χ3v) is 3.72. The van der Waals surface area contributed by atoms with E-state index >= 15 is 0 Å². The molecule has 0 saturated carbocycles. The molecule has 0 radical (unpaired) electrons. The maximum Gasteiger partial charge on any atom is 0.119 e. The van der Waals surface area contributed by atoms with E-state index in [2.05, 4.69) is 15.9 Å². The molecule has 0 spiro atoms. The molecule has 0 aliphatic carbocycles. The maximum atomic E-state index is 10.8. The molecule has 1 N–H and O–H groups in total. The summed E-state index contributed by atoms with van der Waals surface area (Å²) in [5, 5.41) is 10.8. The second-order valence-corrected chi connectivity index (χ2v) is 6.19. The lowest BCUT2D eigenvalue weighted by atomic mass is 9.88. The molecule has 0 bridgehead atoms. The highest BCUT2D eigenvalue weighted by Gasteiger charge is 2.25. The fraction of sp³-hybridized carbons (Fsp3) is 0.294. The van der Waals surface area contributed by atoms with Crippen molar-refractivity contribution < 1.29 is 9.84 Å². The average molecular weight is 335 g/mol. The number of aliphatic hydroxyl groups is 1. The number of hydrogen-bond acceptors (Lipinski definition) is 2. The number of halogens is 1. The molecule has 0 heterocycles. The predicted molar refractivity (Wildman–Crippen MR) is 85.0 cm³/mol. The van der Waals surface area contributed by atoms with Crippen LogP contribution >= 0.6 is 15.9 Å². The second-order valence-electron chi connectivity index (χ2n) is 5.27. The Morgan fingerprint density at radius 2 is 1.40 bits per heavy atom. The molecular formula is C17H19BrO2. The summed E-state index contributed by atoms with van der Waals surface area (Å²) in [6.07, 6.45) is 0.146. The Morgan fingerprint density at radius 3 is 1.85 bits per heavy atom. The van der Waals surface area contributed by atoms with E-state index in [0.717, 1.165) is 21.3 Å². The van der Waals surface area contributed by atoms with Gasteiger partial charge >= 0.3 is 0 Å². The minimum atomic E-state index is -1.02. The quantitative estimate of drug-likeness (QED) is 0.892. The number of ether oxygens (including phenoxy) is 1. The van der Waals surface area contributed by atoms with Crippen LogP contribution in [0.3, 0.4) is 0 Å². The van der Waals surface area contributed by atoms with Gasteiger partial charge in [-0.25, -0.2) is 0 Å². The highest BCUT2D eigenvalue weighted by atomic mass is 79.9. The van der Waals surface area contributed by atoms with Gasteiger partial charge in [0.05, 0.1) is 6.10 Å². The van der Waals surface area contributed by atoms with E-state index in [1.807, 2.05) is 62.4 Å². The van der Waals surface area contributed by atoms with E-state index in [1.54, 1.807) is 6.92 Å². The fourth-order valence-corrected chi connectivity index (χ4v) is 2.34. The van der Waals surface area contributed by atoms with Gasteiger partial charge in [-0.05, 0) is 56.2 Å². The van der Waals surface area contributed by atoms with Crippen LogP contribution in [0.25, 0.3) is 0 Å². The van der Waals surface area contributed by atoms with Crippen molar-refractivity contribution in [3.63, 3.8) is 0 Å². The van der Waals surface area contributed by atoms with Gasteiger partial charge in [-0.1, -0.05) is 40.2 Å². The van der Waals surface area contributed by atoms with Crippen LogP contribution in [-0.2, 0) is 5.60 Å². The molecule has 2 nitrogen and oxygen atoms in total. The first-order valence-electron chi connectivity index (χ1n) is 6.65. The molecule has 2 rings (SSSR count). The summed E-state index contributed by atoms with van der Waals surface area (Å²) in [6.45, 7) is 5.78. The summed E-state index contributed by atoms with van der Waals surface area (Å²) in [5.74, 6) is 0.815. The molecule has 20 heavy (non-hydrogen) atoms. The highest BCUT2D eigenvalue weighted by molar-refractivity contribution is 9.10. The van der Waals surface area contributed by atoms with Crippen molar-refractivity contribution in [2.24, 2.45) is 0 Å². The summed E-state index contributed by atoms with van der Waals surface area (Å²) in [7, 11) is 0. The minimum absolute atomic E-state index is 0.146. The van der Waals surface area contributed by atoms with Crippen LogP contribution in [0, 0.1) is 0 Å². The van der Waals surface area contributed by atoms with Crippen molar-refractivity contribution in [3.8, 4) is 5.75 Å². The minimum Gasteiger partial charge on any atom is -0.491 e. The molecule has 0 aromatic heterocycles. The van der Waals surface area contributed by atoms with Crippen LogP contribution in [-0.4, -0.2) is 11.2 Å². The van der Waals surface area contributed by atoms with Crippen LogP contribution < -0.4 is 4.74 Å². The molecule has 2 aromatic rings. The van der Waals surface area contributed by atoms with E-state index in [9.17, 15) is 5.11 Å². The summed E-state index contributed by atoms with van der Waals surface area (Å²) in [5.41, 5.74) is 0.686. The largest absolute Gasteiger partial charge is 0.491 e. The Labute approximate surface area is 128 Å². The molecule has 0 aliphatic rings. The first-order chi connectivity index (χ1) is 9.39. The lowest BCUT2D eigenvalue weighted by Crippen LogP contribution is -2.22. The van der Waals surface area contributed by atoms with Gasteiger partial charge in [0.25, 0.3) is 0 Å². The second kappa shape index (κ2) is 5.98. The van der Waals surface area contributed by atoms with Crippen LogP contribution in [0.1, 0.15) is 31.9 Å². The van der Waals surface area contributed by atoms with Crippen molar-refractivity contribution in [1.82, 2.24) is 0 Å². The van der Waals surface area contributed by atoms with Gasteiger partial charge in [-0.2, -0.15) is 0 Å². The maximum absolute atomic E-state index is 10.8. The average Bonchev–Trinajstić information content (AvgIpc) is 2.39. The zero-order chi connectivity index (χ0) is 14.8. The van der Waals surface area contributed by atoms with Gasteiger partial charge < -0.3 is 9.84 Å². The van der Waals surface area contributed by atoms with E-state index in [0.29, 0.717) is 0 Å². The topological polar surface area (TPSA) is 29.5 Å². The van der Waals surface area contributed by atoms with Crippen LogP contribution in [0.15, 0.2) is 53.0 Å². The monoisotopic (exact) mass is 334 g/mol. The van der Waals surface area contributed by atoms with E-state index < -0.39 is 5.60 Å². The molecule has 106 valence electrons. The van der Waals surface area contributed by atoms with Gasteiger partial charge in [0.2, 0.25) is 0 Å². The number of benzene rings is 2. The third kappa shape index (κ3) is 3.41. The van der Waals surface area contributed by atoms with Gasteiger partial charge in [0.15, 0.2) is 0 Å². The molecule has 1 unspecified atom stereocenters. The first kappa shape index (κ1) is 15.1. The zero-order valence-corrected chi connectivity index (χ0v) is 13.5. The molecule has 0 amide bonds. The predicted octanol–water partition coefficient (Wildman–Crippen LogP) is 4.49. The fourth-order valence-electron chi connectivity index (χ4n) is 2.07. The smallest absolute Gasteiger partial charge is 0.119 e. The Balaban J connectivity index is 2.27. The Bertz CT molecular complexity index is 557. The molecule has 1 atom stereocenters. The Morgan fingerprint density at radius 1 is 0.950 bits per heavy atom. The van der Waals surface area contributed by atoms with Crippen LogP contribution in [0.4, 0.5) is 0 Å². The third-order valence-electron chi connectivity index (χ3n) is 3.19. The SMILES string of the molecule is CC(C)Oc1ccc(C(C)(O)c2ccc(Br)cc2)cc1. The molecule has 3 heteroatoms. The summed E-state index contributed by atoms with van der Waals surface area (Å²) >= 11 is 3.40. The van der Waals surface area contributed by atoms with Crippen molar-refractivity contribution >= 4 is 15.9 Å². The van der Waals surface area contributed by atoms with Gasteiger partial charge in [-0.3, -0.25) is 0 Å². The van der Waals surface area contributed by atoms with Crippen LogP contribution in [0.5, 0.6) is 5.75 Å².